The number of anilines is 1. The first-order valence-electron chi connectivity index (χ1n) is 9.39. The van der Waals surface area contributed by atoms with Gasteiger partial charge in [0.2, 0.25) is 5.91 Å². The molecule has 0 fully saturated rings. The molecule has 31 heavy (non-hydrogen) atoms. The van der Waals surface area contributed by atoms with E-state index in [1.165, 1.54) is 42.7 Å². The average molecular weight is 431 g/mol. The van der Waals surface area contributed by atoms with E-state index >= 15 is 0 Å². The van der Waals surface area contributed by atoms with E-state index in [2.05, 4.69) is 16.0 Å². The molecule has 2 aromatic carbocycles. The van der Waals surface area contributed by atoms with Crippen LogP contribution < -0.4 is 16.0 Å². The van der Waals surface area contributed by atoms with Gasteiger partial charge in [0.25, 0.3) is 5.91 Å². The van der Waals surface area contributed by atoms with Crippen molar-refractivity contribution in [2.45, 2.75) is 18.8 Å². The summed E-state index contributed by atoms with van der Waals surface area (Å²) in [6.45, 7) is -0.443. The van der Waals surface area contributed by atoms with Crippen LogP contribution in [-0.2, 0) is 11.3 Å². The third kappa shape index (κ3) is 6.19. The van der Waals surface area contributed by atoms with Crippen molar-refractivity contribution in [1.29, 1.82) is 0 Å². The molecule has 0 saturated carbocycles. The number of halogens is 3. The highest BCUT2D eigenvalue weighted by Gasteiger charge is 2.40. The molecule has 1 heterocycles. The van der Waals surface area contributed by atoms with Crippen molar-refractivity contribution in [2.24, 2.45) is 0 Å². The number of carbonyl (C=O) groups is 2. The molecule has 1 aromatic heterocycles. The molecule has 0 aliphatic heterocycles. The molecular formula is C22H20F3N3O3. The van der Waals surface area contributed by atoms with Gasteiger partial charge in [-0.3, -0.25) is 14.9 Å². The Morgan fingerprint density at radius 1 is 0.935 bits per heavy atom. The van der Waals surface area contributed by atoms with Crippen LogP contribution in [0, 0.1) is 0 Å². The smallest absolute Gasteiger partial charge is 0.407 e. The second-order valence-corrected chi connectivity index (χ2v) is 6.62. The van der Waals surface area contributed by atoms with Crippen molar-refractivity contribution < 1.29 is 27.2 Å². The number of nitrogens with one attached hydrogen (secondary N) is 3. The summed E-state index contributed by atoms with van der Waals surface area (Å²) in [7, 11) is 0. The van der Waals surface area contributed by atoms with Crippen molar-refractivity contribution >= 4 is 17.5 Å². The second-order valence-electron chi connectivity index (χ2n) is 6.62. The molecule has 3 rings (SSSR count). The molecule has 1 unspecified atom stereocenters. The largest absolute Gasteiger partial charge is 0.467 e. The molecule has 0 spiro atoms. The Morgan fingerprint density at radius 3 is 2.32 bits per heavy atom. The number of amides is 2. The first-order chi connectivity index (χ1) is 14.8. The van der Waals surface area contributed by atoms with Gasteiger partial charge in [0, 0.05) is 0 Å². The summed E-state index contributed by atoms with van der Waals surface area (Å²) in [5.74, 6) is -0.618. The van der Waals surface area contributed by atoms with Crippen LogP contribution in [0.3, 0.4) is 0 Å². The lowest BCUT2D eigenvalue weighted by Crippen LogP contribution is -2.39. The Hall–Kier alpha value is -3.59. The summed E-state index contributed by atoms with van der Waals surface area (Å²) in [5, 5.41) is 7.39. The first-order valence-corrected chi connectivity index (χ1v) is 9.39. The molecule has 0 radical (unpaired) electrons. The average Bonchev–Trinajstić information content (AvgIpc) is 3.26. The van der Waals surface area contributed by atoms with E-state index in [4.69, 9.17) is 4.42 Å². The Labute approximate surface area is 176 Å². The third-order valence-electron chi connectivity index (χ3n) is 4.38. The number of alkyl halides is 3. The molecule has 162 valence electrons. The van der Waals surface area contributed by atoms with Gasteiger partial charge in [-0.2, -0.15) is 13.2 Å². The van der Waals surface area contributed by atoms with Crippen LogP contribution in [-0.4, -0.2) is 24.5 Å². The van der Waals surface area contributed by atoms with Crippen LogP contribution in [0.1, 0.15) is 27.7 Å². The van der Waals surface area contributed by atoms with E-state index in [1.807, 2.05) is 0 Å². The van der Waals surface area contributed by atoms with E-state index in [9.17, 15) is 22.8 Å². The van der Waals surface area contributed by atoms with E-state index in [0.29, 0.717) is 5.76 Å². The fourth-order valence-corrected chi connectivity index (χ4v) is 2.92. The number of furan rings is 1. The Kier molecular flexibility index (Phi) is 7.09. The highest BCUT2D eigenvalue weighted by atomic mass is 19.4. The van der Waals surface area contributed by atoms with Gasteiger partial charge in [0.15, 0.2) is 0 Å². The highest BCUT2D eigenvalue weighted by molar-refractivity contribution is 6.04. The van der Waals surface area contributed by atoms with Gasteiger partial charge in [0.05, 0.1) is 30.6 Å². The molecule has 9 heteroatoms. The summed E-state index contributed by atoms with van der Waals surface area (Å²) >= 11 is 0. The Balaban J connectivity index is 1.63. The fraction of sp³-hybridized carbons (Fsp3) is 0.182. The van der Waals surface area contributed by atoms with E-state index in [0.717, 1.165) is 0 Å². The summed E-state index contributed by atoms with van der Waals surface area (Å²) in [6.07, 6.45) is -3.10. The minimum absolute atomic E-state index is 0.000467. The standard InChI is InChI=1S/C22H20F3N3O3/c23-22(24,25)20(15-7-2-1-3-8-15)26-14-19(29)28-18-11-5-4-10-17(18)21(30)27-13-16-9-6-12-31-16/h1-12,20,26H,13-14H2,(H,27,30)(H,28,29). The fourth-order valence-electron chi connectivity index (χ4n) is 2.92. The van der Waals surface area contributed by atoms with Gasteiger partial charge in [-0.25, -0.2) is 0 Å². The van der Waals surface area contributed by atoms with Gasteiger partial charge in [-0.1, -0.05) is 42.5 Å². The molecule has 3 aromatic rings. The lowest BCUT2D eigenvalue weighted by molar-refractivity contribution is -0.158. The third-order valence-corrected chi connectivity index (χ3v) is 4.38. The highest BCUT2D eigenvalue weighted by Crippen LogP contribution is 2.32. The number of carbonyl (C=O) groups excluding carboxylic acids is 2. The molecule has 0 saturated heterocycles. The van der Waals surface area contributed by atoms with Gasteiger partial charge in [-0.05, 0) is 29.8 Å². The SMILES string of the molecule is O=C(CNC(c1ccccc1)C(F)(F)F)Nc1ccccc1C(=O)NCc1ccco1. The number of rotatable bonds is 8. The van der Waals surface area contributed by atoms with Crippen LogP contribution in [0.2, 0.25) is 0 Å². The predicted octanol–water partition coefficient (Wildman–Crippen LogP) is 4.04. The molecule has 0 aliphatic carbocycles. The normalized spacial score (nSPS) is 12.2. The summed E-state index contributed by atoms with van der Waals surface area (Å²) in [4.78, 5) is 24.8. The second kappa shape index (κ2) is 9.94. The van der Waals surface area contributed by atoms with Crippen molar-refractivity contribution in [3.63, 3.8) is 0 Å². The lowest BCUT2D eigenvalue weighted by atomic mass is 10.1. The van der Waals surface area contributed by atoms with Crippen LogP contribution in [0.4, 0.5) is 18.9 Å². The number of benzene rings is 2. The number of hydrogen-bond donors (Lipinski definition) is 3. The Bertz CT molecular complexity index is 1010. The summed E-state index contributed by atoms with van der Waals surface area (Å²) < 4.78 is 45.3. The predicted molar refractivity (Wildman–Crippen MR) is 108 cm³/mol. The summed E-state index contributed by atoms with van der Waals surface area (Å²) in [5.41, 5.74) is 0.368. The molecule has 1 atom stereocenters. The van der Waals surface area contributed by atoms with Gasteiger partial charge < -0.3 is 15.1 Å². The van der Waals surface area contributed by atoms with Crippen LogP contribution in [0.5, 0.6) is 0 Å². The van der Waals surface area contributed by atoms with Gasteiger partial charge in [0.1, 0.15) is 11.8 Å². The maximum atomic E-state index is 13.4. The van der Waals surface area contributed by atoms with Crippen LogP contribution in [0.25, 0.3) is 0 Å². The summed E-state index contributed by atoms with van der Waals surface area (Å²) in [6, 6.07) is 14.9. The maximum Gasteiger partial charge on any atom is 0.407 e. The molecule has 0 aliphatic rings. The van der Waals surface area contributed by atoms with Crippen LogP contribution >= 0.6 is 0 Å². The van der Waals surface area contributed by atoms with E-state index < -0.39 is 30.6 Å². The molecule has 6 nitrogen and oxygen atoms in total. The van der Waals surface area contributed by atoms with Crippen molar-refractivity contribution in [3.05, 3.63) is 89.9 Å². The lowest BCUT2D eigenvalue weighted by Gasteiger charge is -2.22. The number of hydrogen-bond acceptors (Lipinski definition) is 4. The van der Waals surface area contributed by atoms with E-state index in [1.54, 1.807) is 30.3 Å². The topological polar surface area (TPSA) is 83.4 Å². The zero-order chi connectivity index (χ0) is 22.3. The minimum Gasteiger partial charge on any atom is -0.467 e. The van der Waals surface area contributed by atoms with E-state index in [-0.39, 0.29) is 23.4 Å². The van der Waals surface area contributed by atoms with Crippen LogP contribution in [0.15, 0.2) is 77.4 Å². The maximum absolute atomic E-state index is 13.4. The zero-order valence-corrected chi connectivity index (χ0v) is 16.3. The van der Waals surface area contributed by atoms with Crippen molar-refractivity contribution in [2.75, 3.05) is 11.9 Å². The quantitative estimate of drug-likeness (QED) is 0.503. The van der Waals surface area contributed by atoms with Gasteiger partial charge >= 0.3 is 6.18 Å². The molecule has 3 N–H and O–H groups in total. The van der Waals surface area contributed by atoms with Crippen molar-refractivity contribution in [3.8, 4) is 0 Å². The number of para-hydroxylation sites is 1. The zero-order valence-electron chi connectivity index (χ0n) is 16.3. The molecule has 2 amide bonds. The first kappa shape index (κ1) is 22.1. The monoisotopic (exact) mass is 431 g/mol. The van der Waals surface area contributed by atoms with Crippen molar-refractivity contribution in [1.82, 2.24) is 10.6 Å². The minimum atomic E-state index is -4.58. The Morgan fingerprint density at radius 2 is 1.65 bits per heavy atom. The molecular weight excluding hydrogens is 411 g/mol. The molecule has 0 bridgehead atoms. The van der Waals surface area contributed by atoms with Gasteiger partial charge in [-0.15, -0.1) is 0 Å².